The van der Waals surface area contributed by atoms with Gasteiger partial charge in [0.2, 0.25) is 5.79 Å². The zero-order valence-corrected chi connectivity index (χ0v) is 14.3. The monoisotopic (exact) mass is 318 g/mol. The van der Waals surface area contributed by atoms with E-state index in [0.29, 0.717) is 13.0 Å². The van der Waals surface area contributed by atoms with Gasteiger partial charge in [-0.15, -0.1) is 0 Å². The maximum absolute atomic E-state index is 6.44. The summed E-state index contributed by atoms with van der Waals surface area (Å²) in [6, 6.07) is 0. The van der Waals surface area contributed by atoms with Gasteiger partial charge < -0.3 is 23.3 Å². The molecule has 21 heavy (non-hydrogen) atoms. The van der Waals surface area contributed by atoms with Crippen LogP contribution in [0.25, 0.3) is 0 Å². The molecule has 6 nitrogen and oxygen atoms in total. The predicted octanol–water partition coefficient (Wildman–Crippen LogP) is 2.85. The Labute approximate surface area is 126 Å². The molecule has 0 aliphatic carbocycles. The first kappa shape index (κ1) is 14.8. The zero-order chi connectivity index (χ0) is 15.3. The molecular formula is C14H23O6P. The number of hydrogen-bond donors (Lipinski definition) is 0. The van der Waals surface area contributed by atoms with E-state index in [4.69, 9.17) is 27.8 Å². The second-order valence-corrected chi connectivity index (χ2v) is 8.59. The van der Waals surface area contributed by atoms with Crippen LogP contribution in [0.2, 0.25) is 0 Å². The van der Waals surface area contributed by atoms with E-state index in [9.17, 15) is 0 Å². The highest BCUT2D eigenvalue weighted by molar-refractivity contribution is 7.42. The Hall–Kier alpha value is 0.190. The first-order valence-corrected chi connectivity index (χ1v) is 8.52. The molecule has 0 aromatic rings. The van der Waals surface area contributed by atoms with E-state index in [1.54, 1.807) is 0 Å². The fraction of sp³-hybridized carbons (Fsp3) is 1.00. The molecule has 4 rings (SSSR count). The standard InChI is InChI=1S/C14H23O6P/c1-10(2)17-13(5)12(4)11(3,19-14(13,6)18-10)7-9-8-15-21(16-9)20-12/h9H,7-8H2,1-6H3. The predicted molar refractivity (Wildman–Crippen MR) is 74.4 cm³/mol. The summed E-state index contributed by atoms with van der Waals surface area (Å²) in [7, 11) is -1.36. The summed E-state index contributed by atoms with van der Waals surface area (Å²) in [5.41, 5.74) is -2.03. The molecule has 4 fully saturated rings. The van der Waals surface area contributed by atoms with Gasteiger partial charge in [0.25, 0.3) is 0 Å². The fourth-order valence-electron chi connectivity index (χ4n) is 4.33. The van der Waals surface area contributed by atoms with Crippen molar-refractivity contribution in [2.24, 2.45) is 0 Å². The van der Waals surface area contributed by atoms with Crippen LogP contribution in [0.5, 0.6) is 0 Å². The molecule has 4 heterocycles. The van der Waals surface area contributed by atoms with Crippen LogP contribution in [-0.2, 0) is 27.8 Å². The summed E-state index contributed by atoms with van der Waals surface area (Å²) >= 11 is 0. The summed E-state index contributed by atoms with van der Waals surface area (Å²) < 4.78 is 36.6. The minimum Gasteiger partial charge on any atom is -0.338 e. The molecule has 2 bridgehead atoms. The van der Waals surface area contributed by atoms with E-state index in [-0.39, 0.29) is 6.10 Å². The van der Waals surface area contributed by atoms with Crippen LogP contribution < -0.4 is 0 Å². The van der Waals surface area contributed by atoms with Crippen LogP contribution in [0.1, 0.15) is 48.0 Å². The lowest BCUT2D eigenvalue weighted by Gasteiger charge is -2.45. The maximum atomic E-state index is 6.44. The van der Waals surface area contributed by atoms with E-state index in [2.05, 4.69) is 6.92 Å². The van der Waals surface area contributed by atoms with Crippen LogP contribution >= 0.6 is 8.60 Å². The third-order valence-electron chi connectivity index (χ3n) is 5.57. The summed E-state index contributed by atoms with van der Waals surface area (Å²) in [6.07, 6.45) is 0.697. The molecule has 6 unspecified atom stereocenters. The molecule has 0 radical (unpaired) electrons. The average molecular weight is 318 g/mol. The Bertz CT molecular complexity index is 500. The molecule has 0 saturated carbocycles. The van der Waals surface area contributed by atoms with Gasteiger partial charge in [0.1, 0.15) is 11.2 Å². The van der Waals surface area contributed by atoms with Crippen molar-refractivity contribution in [3.05, 3.63) is 0 Å². The van der Waals surface area contributed by atoms with Gasteiger partial charge in [0.05, 0.1) is 12.7 Å². The Balaban J connectivity index is 1.83. The first-order valence-electron chi connectivity index (χ1n) is 7.42. The summed E-state index contributed by atoms with van der Waals surface area (Å²) in [5.74, 6) is -1.59. The zero-order valence-electron chi connectivity index (χ0n) is 13.4. The van der Waals surface area contributed by atoms with Crippen molar-refractivity contribution in [1.29, 1.82) is 0 Å². The molecule has 6 atom stereocenters. The van der Waals surface area contributed by atoms with Crippen LogP contribution in [0, 0.1) is 0 Å². The van der Waals surface area contributed by atoms with E-state index in [0.717, 1.165) is 0 Å². The molecule has 4 aliphatic heterocycles. The second-order valence-electron chi connectivity index (χ2n) is 7.49. The fourth-order valence-corrected chi connectivity index (χ4v) is 5.82. The summed E-state index contributed by atoms with van der Waals surface area (Å²) in [4.78, 5) is 0. The van der Waals surface area contributed by atoms with Crippen molar-refractivity contribution in [3.8, 4) is 0 Å². The average Bonchev–Trinajstić information content (AvgIpc) is 2.78. The molecule has 0 aromatic heterocycles. The molecule has 0 N–H and O–H groups in total. The Morgan fingerprint density at radius 2 is 1.62 bits per heavy atom. The lowest BCUT2D eigenvalue weighted by atomic mass is 9.72. The van der Waals surface area contributed by atoms with Crippen molar-refractivity contribution in [2.75, 3.05) is 6.61 Å². The second kappa shape index (κ2) is 3.81. The minimum atomic E-state index is -1.36. The molecule has 4 saturated heterocycles. The topological polar surface area (TPSA) is 55.4 Å². The highest BCUT2D eigenvalue weighted by Gasteiger charge is 2.81. The Kier molecular flexibility index (Phi) is 2.68. The number of fused-ring (bicyclic) bond motifs is 5. The molecule has 0 amide bonds. The van der Waals surface area contributed by atoms with Gasteiger partial charge in [-0.1, -0.05) is 0 Å². The Morgan fingerprint density at radius 3 is 2.33 bits per heavy atom. The first-order chi connectivity index (χ1) is 9.53. The van der Waals surface area contributed by atoms with Gasteiger partial charge in [-0.25, -0.2) is 0 Å². The van der Waals surface area contributed by atoms with E-state index < -0.39 is 37.0 Å². The summed E-state index contributed by atoms with van der Waals surface area (Å²) in [6.45, 7) is 12.4. The highest BCUT2D eigenvalue weighted by atomic mass is 31.2. The van der Waals surface area contributed by atoms with Crippen molar-refractivity contribution >= 4 is 8.60 Å². The summed E-state index contributed by atoms with van der Waals surface area (Å²) in [5, 5.41) is 0. The third-order valence-corrected chi connectivity index (χ3v) is 6.92. The third kappa shape index (κ3) is 1.62. The number of rotatable bonds is 0. The minimum absolute atomic E-state index is 0.00183. The lowest BCUT2D eigenvalue weighted by molar-refractivity contribution is -0.284. The smallest absolute Gasteiger partial charge is 0.333 e. The van der Waals surface area contributed by atoms with Crippen LogP contribution in [0.3, 0.4) is 0 Å². The van der Waals surface area contributed by atoms with Crippen LogP contribution in [0.15, 0.2) is 0 Å². The van der Waals surface area contributed by atoms with Crippen LogP contribution in [0.4, 0.5) is 0 Å². The highest BCUT2D eigenvalue weighted by Crippen LogP contribution is 2.69. The van der Waals surface area contributed by atoms with Crippen molar-refractivity contribution in [2.45, 2.75) is 82.4 Å². The van der Waals surface area contributed by atoms with E-state index >= 15 is 0 Å². The van der Waals surface area contributed by atoms with Crippen LogP contribution in [-0.4, -0.2) is 41.1 Å². The SMILES string of the molecule is CC1(C)OC2(C)OC3(C)CC4COP(O4)OC3(C)C2(C)O1. The van der Waals surface area contributed by atoms with Crippen molar-refractivity contribution in [1.82, 2.24) is 0 Å². The molecule has 7 heteroatoms. The van der Waals surface area contributed by atoms with Gasteiger partial charge in [-0.2, -0.15) is 0 Å². The normalized spacial score (nSPS) is 61.4. The van der Waals surface area contributed by atoms with Gasteiger partial charge >= 0.3 is 8.60 Å². The molecule has 0 aromatic carbocycles. The Morgan fingerprint density at radius 1 is 0.905 bits per heavy atom. The quantitative estimate of drug-likeness (QED) is 0.640. The van der Waals surface area contributed by atoms with Gasteiger partial charge in [-0.05, 0) is 41.5 Å². The van der Waals surface area contributed by atoms with E-state index in [1.807, 2.05) is 34.6 Å². The largest absolute Gasteiger partial charge is 0.338 e. The number of hydrogen-bond acceptors (Lipinski definition) is 6. The van der Waals surface area contributed by atoms with E-state index in [1.165, 1.54) is 0 Å². The van der Waals surface area contributed by atoms with Crippen molar-refractivity contribution < 1.29 is 27.8 Å². The lowest BCUT2D eigenvalue weighted by Crippen LogP contribution is -2.62. The molecule has 4 aliphatic rings. The molecule has 0 spiro atoms. The molecular weight excluding hydrogens is 295 g/mol. The van der Waals surface area contributed by atoms with Gasteiger partial charge in [-0.3, -0.25) is 4.52 Å². The van der Waals surface area contributed by atoms with Gasteiger partial charge in [0, 0.05) is 6.42 Å². The maximum Gasteiger partial charge on any atom is 0.333 e. The van der Waals surface area contributed by atoms with Crippen molar-refractivity contribution in [3.63, 3.8) is 0 Å². The van der Waals surface area contributed by atoms with Gasteiger partial charge in [0.15, 0.2) is 11.4 Å². The number of ether oxygens (including phenoxy) is 3. The molecule has 120 valence electrons.